The van der Waals surface area contributed by atoms with Gasteiger partial charge in [-0.1, -0.05) is 100 Å². The Hall–Kier alpha value is -2.17. The van der Waals surface area contributed by atoms with Crippen molar-refractivity contribution in [1.29, 1.82) is 0 Å². The van der Waals surface area contributed by atoms with E-state index in [1.807, 2.05) is 6.08 Å². The molecule has 0 atom stereocenters. The summed E-state index contributed by atoms with van der Waals surface area (Å²) in [7, 11) is -1.01. The standard InChI is InChI=1S/C26H36O3Si/c1-26(2,3)30(23-17-11-9-12-18-23,24-19-13-10-14-20-24)29-22-16-8-6-5-7-15-21-25(27)28-4/h9-15,17-21H,5-8,16,22H2,1-4H3/b21-15+. The van der Waals surface area contributed by atoms with Gasteiger partial charge in [-0.15, -0.1) is 0 Å². The molecule has 0 saturated carbocycles. The Bertz CT molecular complexity index is 739. The van der Waals surface area contributed by atoms with Crippen LogP contribution in [0.2, 0.25) is 5.04 Å². The van der Waals surface area contributed by atoms with Crippen LogP contribution in [0.25, 0.3) is 0 Å². The van der Waals surface area contributed by atoms with Crippen LogP contribution in [-0.2, 0) is 14.0 Å². The number of ether oxygens (including phenoxy) is 1. The number of hydrogen-bond donors (Lipinski definition) is 0. The third kappa shape index (κ3) is 6.41. The van der Waals surface area contributed by atoms with E-state index in [4.69, 9.17) is 4.43 Å². The fourth-order valence-corrected chi connectivity index (χ4v) is 8.56. The average molecular weight is 425 g/mol. The Labute approximate surface area is 183 Å². The molecule has 0 N–H and O–H groups in total. The van der Waals surface area contributed by atoms with Crippen molar-refractivity contribution in [2.75, 3.05) is 13.7 Å². The Morgan fingerprint density at radius 2 is 1.40 bits per heavy atom. The lowest BCUT2D eigenvalue weighted by molar-refractivity contribution is -0.134. The maximum absolute atomic E-state index is 11.1. The molecule has 0 fully saturated rings. The summed E-state index contributed by atoms with van der Waals surface area (Å²) in [5.41, 5.74) is 0. The Morgan fingerprint density at radius 3 is 1.90 bits per heavy atom. The minimum absolute atomic E-state index is 0.0222. The lowest BCUT2D eigenvalue weighted by Crippen LogP contribution is -2.66. The van der Waals surface area contributed by atoms with Gasteiger partial charge in [0.15, 0.2) is 0 Å². The normalized spacial score (nSPS) is 12.3. The second-order valence-corrected chi connectivity index (χ2v) is 12.9. The van der Waals surface area contributed by atoms with E-state index in [9.17, 15) is 4.79 Å². The molecule has 4 heteroatoms. The summed E-state index contributed by atoms with van der Waals surface area (Å²) in [6.07, 6.45) is 8.69. The molecule has 0 saturated heterocycles. The molecule has 3 nitrogen and oxygen atoms in total. The number of hydrogen-bond acceptors (Lipinski definition) is 3. The van der Waals surface area contributed by atoms with Crippen LogP contribution < -0.4 is 10.4 Å². The van der Waals surface area contributed by atoms with E-state index in [1.54, 1.807) is 0 Å². The topological polar surface area (TPSA) is 35.5 Å². The molecule has 0 aliphatic carbocycles. The second kappa shape index (κ2) is 11.9. The highest BCUT2D eigenvalue weighted by molar-refractivity contribution is 6.99. The SMILES string of the molecule is COC(=O)/C=C/CCCCCCO[Si](c1ccccc1)(c1ccccc1)C(C)(C)C. The van der Waals surface area contributed by atoms with E-state index >= 15 is 0 Å². The molecule has 0 bridgehead atoms. The van der Waals surface area contributed by atoms with Gasteiger partial charge in [0.25, 0.3) is 8.32 Å². The van der Waals surface area contributed by atoms with Crippen molar-refractivity contribution in [3.05, 3.63) is 72.8 Å². The van der Waals surface area contributed by atoms with Crippen LogP contribution in [0, 0.1) is 0 Å². The summed E-state index contributed by atoms with van der Waals surface area (Å²) >= 11 is 0. The number of methoxy groups -OCH3 is 1. The first-order valence-corrected chi connectivity index (χ1v) is 12.8. The van der Waals surface area contributed by atoms with Crippen LogP contribution in [0.1, 0.15) is 52.9 Å². The molecule has 2 aromatic rings. The molecular weight excluding hydrogens is 388 g/mol. The van der Waals surface area contributed by atoms with Gasteiger partial charge in [-0.25, -0.2) is 4.79 Å². The third-order valence-corrected chi connectivity index (χ3v) is 10.5. The minimum atomic E-state index is -2.41. The van der Waals surface area contributed by atoms with Crippen molar-refractivity contribution in [2.45, 2.75) is 57.9 Å². The fraction of sp³-hybridized carbons (Fsp3) is 0.423. The molecule has 0 heterocycles. The lowest BCUT2D eigenvalue weighted by atomic mass is 10.1. The number of carbonyl (C=O) groups is 1. The first kappa shape index (κ1) is 24.1. The average Bonchev–Trinajstić information content (AvgIpc) is 2.75. The Balaban J connectivity index is 2.02. The Kier molecular flexibility index (Phi) is 9.54. The van der Waals surface area contributed by atoms with E-state index in [0.717, 1.165) is 38.7 Å². The number of rotatable bonds is 11. The van der Waals surface area contributed by atoms with E-state index in [0.29, 0.717) is 0 Å². The van der Waals surface area contributed by atoms with Gasteiger partial charge in [0.1, 0.15) is 0 Å². The lowest BCUT2D eigenvalue weighted by Gasteiger charge is -2.43. The fourth-order valence-electron chi connectivity index (χ4n) is 3.95. The summed E-state index contributed by atoms with van der Waals surface area (Å²) in [6.45, 7) is 7.71. The second-order valence-electron chi connectivity index (χ2n) is 8.64. The van der Waals surface area contributed by atoms with Crippen molar-refractivity contribution in [1.82, 2.24) is 0 Å². The van der Waals surface area contributed by atoms with Gasteiger partial charge in [-0.3, -0.25) is 0 Å². The quantitative estimate of drug-likeness (QED) is 0.214. The number of benzene rings is 2. The zero-order valence-corrected chi connectivity index (χ0v) is 19.9. The molecule has 2 rings (SSSR count). The molecule has 0 radical (unpaired) electrons. The molecule has 0 amide bonds. The summed E-state index contributed by atoms with van der Waals surface area (Å²) in [5, 5.41) is 2.68. The summed E-state index contributed by atoms with van der Waals surface area (Å²) < 4.78 is 11.5. The molecular formula is C26H36O3Si. The Morgan fingerprint density at radius 1 is 0.867 bits per heavy atom. The van der Waals surface area contributed by atoms with E-state index in [1.165, 1.54) is 23.6 Å². The van der Waals surface area contributed by atoms with Crippen LogP contribution in [0.15, 0.2) is 72.8 Å². The summed E-state index contributed by atoms with van der Waals surface area (Å²) in [4.78, 5) is 11.1. The first-order chi connectivity index (χ1) is 14.4. The number of unbranched alkanes of at least 4 members (excludes halogenated alkanes) is 4. The van der Waals surface area contributed by atoms with Gasteiger partial charge in [0.05, 0.1) is 7.11 Å². The molecule has 0 unspecified atom stereocenters. The van der Waals surface area contributed by atoms with Gasteiger partial charge >= 0.3 is 5.97 Å². The third-order valence-electron chi connectivity index (χ3n) is 5.46. The number of carbonyl (C=O) groups excluding carboxylic acids is 1. The smallest absolute Gasteiger partial charge is 0.330 e. The zero-order chi connectivity index (χ0) is 21.9. The van der Waals surface area contributed by atoms with Gasteiger partial charge in [-0.05, 0) is 34.7 Å². The molecule has 2 aromatic carbocycles. The maximum Gasteiger partial charge on any atom is 0.330 e. The van der Waals surface area contributed by atoms with Crippen LogP contribution in [0.3, 0.4) is 0 Å². The van der Waals surface area contributed by atoms with Crippen molar-refractivity contribution in [2.24, 2.45) is 0 Å². The zero-order valence-electron chi connectivity index (χ0n) is 18.9. The first-order valence-electron chi connectivity index (χ1n) is 10.9. The van der Waals surface area contributed by atoms with Gasteiger partial charge in [0.2, 0.25) is 0 Å². The maximum atomic E-state index is 11.1. The summed E-state index contributed by atoms with van der Waals surface area (Å²) in [6, 6.07) is 21.6. The van der Waals surface area contributed by atoms with Crippen LogP contribution in [0.4, 0.5) is 0 Å². The van der Waals surface area contributed by atoms with Gasteiger partial charge in [-0.2, -0.15) is 0 Å². The van der Waals surface area contributed by atoms with Crippen LogP contribution in [0.5, 0.6) is 0 Å². The van der Waals surface area contributed by atoms with Gasteiger partial charge in [0, 0.05) is 12.7 Å². The van der Waals surface area contributed by atoms with E-state index in [-0.39, 0.29) is 11.0 Å². The molecule has 0 aliphatic heterocycles. The molecule has 0 spiro atoms. The molecule has 0 aromatic heterocycles. The summed E-state index contributed by atoms with van der Waals surface area (Å²) in [5.74, 6) is -0.284. The van der Waals surface area contributed by atoms with Crippen molar-refractivity contribution >= 4 is 24.7 Å². The molecule has 162 valence electrons. The van der Waals surface area contributed by atoms with Crippen molar-refractivity contribution in [3.63, 3.8) is 0 Å². The minimum Gasteiger partial charge on any atom is -0.466 e. The van der Waals surface area contributed by atoms with Crippen molar-refractivity contribution < 1.29 is 14.0 Å². The van der Waals surface area contributed by atoms with E-state index in [2.05, 4.69) is 86.2 Å². The van der Waals surface area contributed by atoms with Crippen LogP contribution >= 0.6 is 0 Å². The monoisotopic (exact) mass is 424 g/mol. The largest absolute Gasteiger partial charge is 0.466 e. The highest BCUT2D eigenvalue weighted by Crippen LogP contribution is 2.36. The number of allylic oxidation sites excluding steroid dienone is 1. The van der Waals surface area contributed by atoms with Crippen LogP contribution in [-0.4, -0.2) is 28.0 Å². The van der Waals surface area contributed by atoms with Gasteiger partial charge < -0.3 is 9.16 Å². The number of esters is 1. The van der Waals surface area contributed by atoms with Crippen molar-refractivity contribution in [3.8, 4) is 0 Å². The van der Waals surface area contributed by atoms with E-state index < -0.39 is 8.32 Å². The predicted molar refractivity (Wildman–Crippen MR) is 128 cm³/mol. The highest BCUT2D eigenvalue weighted by atomic mass is 28.4. The molecule has 0 aliphatic rings. The molecule has 30 heavy (non-hydrogen) atoms. The predicted octanol–water partition coefficient (Wildman–Crippen LogP) is 5.24. The highest BCUT2D eigenvalue weighted by Gasteiger charge is 2.49.